The van der Waals surface area contributed by atoms with Crippen molar-refractivity contribution in [3.63, 3.8) is 0 Å². The van der Waals surface area contributed by atoms with Crippen molar-refractivity contribution in [3.05, 3.63) is 83.8 Å². The predicted molar refractivity (Wildman–Crippen MR) is 108 cm³/mol. The van der Waals surface area contributed by atoms with Crippen molar-refractivity contribution < 1.29 is 9.53 Å². The van der Waals surface area contributed by atoms with Crippen LogP contribution in [-0.4, -0.2) is 41.8 Å². The molecule has 1 saturated heterocycles. The van der Waals surface area contributed by atoms with E-state index in [1.807, 2.05) is 59.3 Å². The third kappa shape index (κ3) is 4.40. The normalized spacial score (nSPS) is 14.1. The van der Waals surface area contributed by atoms with Gasteiger partial charge >= 0.3 is 0 Å². The predicted octanol–water partition coefficient (Wildman–Crippen LogP) is 2.70. The van der Waals surface area contributed by atoms with Gasteiger partial charge in [-0.05, 0) is 29.8 Å². The Morgan fingerprint density at radius 2 is 1.82 bits per heavy atom. The molecular formula is C22H24N4O2. The van der Waals surface area contributed by atoms with Crippen LogP contribution in [0.2, 0.25) is 0 Å². The Hall–Kier alpha value is -3.12. The molecule has 0 saturated carbocycles. The number of carbonyl (C=O) groups is 1. The highest BCUT2D eigenvalue weighted by molar-refractivity contribution is 5.92. The first-order valence-corrected chi connectivity index (χ1v) is 9.55. The van der Waals surface area contributed by atoms with E-state index in [1.165, 1.54) is 0 Å². The van der Waals surface area contributed by atoms with Crippen LogP contribution < -0.4 is 10.2 Å². The average molecular weight is 376 g/mol. The number of hydrogen-bond donors (Lipinski definition) is 1. The number of amides is 1. The van der Waals surface area contributed by atoms with Gasteiger partial charge in [-0.15, -0.1) is 0 Å². The Morgan fingerprint density at radius 1 is 1.00 bits per heavy atom. The van der Waals surface area contributed by atoms with Gasteiger partial charge in [0.1, 0.15) is 11.5 Å². The maximum Gasteiger partial charge on any atom is 0.268 e. The summed E-state index contributed by atoms with van der Waals surface area (Å²) < 4.78 is 7.36. The minimum atomic E-state index is -0.0977. The van der Waals surface area contributed by atoms with Crippen molar-refractivity contribution >= 4 is 11.7 Å². The number of benzene rings is 1. The van der Waals surface area contributed by atoms with Crippen LogP contribution >= 0.6 is 0 Å². The number of nitrogens with zero attached hydrogens (tertiary/aromatic N) is 3. The van der Waals surface area contributed by atoms with Crippen LogP contribution in [0.4, 0.5) is 5.82 Å². The molecule has 3 heterocycles. The lowest BCUT2D eigenvalue weighted by atomic mass is 10.2. The average Bonchev–Trinajstić information content (AvgIpc) is 3.22. The van der Waals surface area contributed by atoms with Gasteiger partial charge in [-0.2, -0.15) is 0 Å². The van der Waals surface area contributed by atoms with Crippen molar-refractivity contribution in [3.8, 4) is 0 Å². The van der Waals surface area contributed by atoms with E-state index >= 15 is 0 Å². The van der Waals surface area contributed by atoms with Gasteiger partial charge < -0.3 is 19.5 Å². The molecule has 1 amide bonds. The zero-order valence-electron chi connectivity index (χ0n) is 15.8. The zero-order chi connectivity index (χ0) is 19.2. The molecule has 0 bridgehead atoms. The number of carbonyl (C=O) groups excluding carboxylic acids is 1. The number of rotatable bonds is 6. The highest BCUT2D eigenvalue weighted by Gasteiger charge is 2.14. The number of anilines is 1. The van der Waals surface area contributed by atoms with Crippen LogP contribution in [-0.2, 0) is 17.8 Å². The first-order valence-electron chi connectivity index (χ1n) is 9.55. The van der Waals surface area contributed by atoms with Crippen molar-refractivity contribution in [1.82, 2.24) is 14.9 Å². The summed E-state index contributed by atoms with van der Waals surface area (Å²) in [4.78, 5) is 19.6. The minimum absolute atomic E-state index is 0.0977. The van der Waals surface area contributed by atoms with E-state index in [0.717, 1.165) is 43.4 Å². The minimum Gasteiger partial charge on any atom is -0.378 e. The lowest BCUT2D eigenvalue weighted by Crippen LogP contribution is -2.37. The molecule has 6 heteroatoms. The maximum absolute atomic E-state index is 12.7. The molecule has 0 spiro atoms. The third-order valence-corrected chi connectivity index (χ3v) is 4.82. The summed E-state index contributed by atoms with van der Waals surface area (Å²) in [6.07, 6.45) is 1.93. The molecule has 1 aromatic carbocycles. The molecule has 4 rings (SSSR count). The molecule has 0 radical (unpaired) electrons. The van der Waals surface area contributed by atoms with E-state index < -0.39 is 0 Å². The van der Waals surface area contributed by atoms with E-state index in [2.05, 4.69) is 27.3 Å². The van der Waals surface area contributed by atoms with E-state index in [0.29, 0.717) is 18.8 Å². The molecule has 2 aromatic heterocycles. The number of morpholine rings is 1. The van der Waals surface area contributed by atoms with Crippen LogP contribution in [0.1, 0.15) is 21.7 Å². The monoisotopic (exact) mass is 376 g/mol. The highest BCUT2D eigenvalue weighted by Crippen LogP contribution is 2.13. The van der Waals surface area contributed by atoms with Gasteiger partial charge in [-0.1, -0.05) is 36.4 Å². The molecule has 0 unspecified atom stereocenters. The molecular weight excluding hydrogens is 352 g/mol. The van der Waals surface area contributed by atoms with Gasteiger partial charge in [0.15, 0.2) is 0 Å². The van der Waals surface area contributed by atoms with Crippen molar-refractivity contribution in [1.29, 1.82) is 0 Å². The Morgan fingerprint density at radius 3 is 2.64 bits per heavy atom. The second kappa shape index (κ2) is 8.71. The van der Waals surface area contributed by atoms with Crippen molar-refractivity contribution in [2.75, 3.05) is 31.2 Å². The van der Waals surface area contributed by atoms with E-state index in [1.54, 1.807) is 0 Å². The molecule has 1 N–H and O–H groups in total. The summed E-state index contributed by atoms with van der Waals surface area (Å²) in [5.74, 6) is 0.835. The van der Waals surface area contributed by atoms with Crippen LogP contribution in [0, 0.1) is 0 Å². The molecule has 0 aliphatic carbocycles. The van der Waals surface area contributed by atoms with Crippen LogP contribution in [0.15, 0.2) is 66.9 Å². The molecule has 1 fully saturated rings. The molecule has 6 nitrogen and oxygen atoms in total. The molecule has 0 atom stereocenters. The first kappa shape index (κ1) is 18.3. The quantitative estimate of drug-likeness (QED) is 0.719. The van der Waals surface area contributed by atoms with Gasteiger partial charge in [0, 0.05) is 25.8 Å². The zero-order valence-corrected chi connectivity index (χ0v) is 15.8. The Balaban J connectivity index is 1.39. The second-order valence-electron chi connectivity index (χ2n) is 6.78. The van der Waals surface area contributed by atoms with Gasteiger partial charge in [0.25, 0.3) is 5.91 Å². The number of nitrogens with one attached hydrogen (secondary N) is 1. The summed E-state index contributed by atoms with van der Waals surface area (Å²) in [5, 5.41) is 2.99. The SMILES string of the molecule is O=C(NCc1cccc(N2CCOCC2)n1)c1cccn1Cc1ccccc1. The number of aromatic nitrogens is 2. The Bertz CT molecular complexity index is 917. The summed E-state index contributed by atoms with van der Waals surface area (Å²) in [7, 11) is 0. The fourth-order valence-corrected chi connectivity index (χ4v) is 3.33. The first-order chi connectivity index (χ1) is 13.8. The fraction of sp³-hybridized carbons (Fsp3) is 0.273. The molecule has 144 valence electrons. The fourth-order valence-electron chi connectivity index (χ4n) is 3.33. The van der Waals surface area contributed by atoms with Crippen LogP contribution in [0.25, 0.3) is 0 Å². The maximum atomic E-state index is 12.7. The van der Waals surface area contributed by atoms with Gasteiger partial charge in [0.05, 0.1) is 25.5 Å². The highest BCUT2D eigenvalue weighted by atomic mass is 16.5. The van der Waals surface area contributed by atoms with Crippen LogP contribution in [0.3, 0.4) is 0 Å². The van der Waals surface area contributed by atoms with Crippen molar-refractivity contribution in [2.24, 2.45) is 0 Å². The van der Waals surface area contributed by atoms with E-state index in [-0.39, 0.29) is 5.91 Å². The number of pyridine rings is 1. The summed E-state index contributed by atoms with van der Waals surface area (Å²) in [5.41, 5.74) is 2.65. The van der Waals surface area contributed by atoms with E-state index in [9.17, 15) is 4.79 Å². The summed E-state index contributed by atoms with van der Waals surface area (Å²) in [6.45, 7) is 4.20. The van der Waals surface area contributed by atoms with Gasteiger partial charge in [0.2, 0.25) is 0 Å². The summed E-state index contributed by atoms with van der Waals surface area (Å²) >= 11 is 0. The molecule has 1 aliphatic heterocycles. The number of hydrogen-bond acceptors (Lipinski definition) is 4. The molecule has 1 aliphatic rings. The molecule has 28 heavy (non-hydrogen) atoms. The lowest BCUT2D eigenvalue weighted by Gasteiger charge is -2.28. The smallest absolute Gasteiger partial charge is 0.268 e. The van der Waals surface area contributed by atoms with Gasteiger partial charge in [-0.3, -0.25) is 4.79 Å². The summed E-state index contributed by atoms with van der Waals surface area (Å²) in [6, 6.07) is 19.8. The van der Waals surface area contributed by atoms with Crippen LogP contribution in [0.5, 0.6) is 0 Å². The topological polar surface area (TPSA) is 59.4 Å². The number of ether oxygens (including phenoxy) is 1. The Kier molecular flexibility index (Phi) is 5.68. The molecule has 3 aromatic rings. The Labute approximate surface area is 164 Å². The second-order valence-corrected chi connectivity index (χ2v) is 6.78. The lowest BCUT2D eigenvalue weighted by molar-refractivity contribution is 0.0941. The largest absolute Gasteiger partial charge is 0.378 e. The van der Waals surface area contributed by atoms with E-state index in [4.69, 9.17) is 4.74 Å². The standard InChI is InChI=1S/C22H24N4O2/c27-22(20-9-5-11-26(20)17-18-6-2-1-3-7-18)23-16-19-8-4-10-21(24-19)25-12-14-28-15-13-25/h1-11H,12-17H2,(H,23,27). The third-order valence-electron chi connectivity index (χ3n) is 4.82. The van der Waals surface area contributed by atoms with Crippen molar-refractivity contribution in [2.45, 2.75) is 13.1 Å². The van der Waals surface area contributed by atoms with Gasteiger partial charge in [-0.25, -0.2) is 4.98 Å².